The summed E-state index contributed by atoms with van der Waals surface area (Å²) < 4.78 is 4.93. The van der Waals surface area contributed by atoms with E-state index in [0.29, 0.717) is 5.25 Å². The van der Waals surface area contributed by atoms with Crippen molar-refractivity contribution < 1.29 is 9.53 Å². The third-order valence-electron chi connectivity index (χ3n) is 3.00. The molecule has 2 atom stereocenters. The maximum Gasteiger partial charge on any atom is 0.325 e. The first-order valence-corrected chi connectivity index (χ1v) is 8.00. The first kappa shape index (κ1) is 17.8. The van der Waals surface area contributed by atoms with Gasteiger partial charge in [0.25, 0.3) is 0 Å². The fraction of sp³-hybridized carbons (Fsp3) is 0.929. The Balaban J connectivity index is 4.34. The largest absolute Gasteiger partial charge is 0.468 e. The van der Waals surface area contributed by atoms with Crippen molar-refractivity contribution in [3.8, 4) is 0 Å². The molecule has 2 unspecified atom stereocenters. The van der Waals surface area contributed by atoms with E-state index in [1.54, 1.807) is 0 Å². The van der Waals surface area contributed by atoms with Crippen LogP contribution in [0.15, 0.2) is 0 Å². The lowest BCUT2D eigenvalue weighted by Crippen LogP contribution is -2.51. The van der Waals surface area contributed by atoms with Crippen LogP contribution in [0.1, 0.15) is 53.4 Å². The lowest BCUT2D eigenvalue weighted by molar-refractivity contribution is -0.148. The molecule has 0 rings (SSSR count). The number of ether oxygens (including phenoxy) is 1. The van der Waals surface area contributed by atoms with Crippen molar-refractivity contribution in [3.63, 3.8) is 0 Å². The maximum atomic E-state index is 11.9. The maximum absolute atomic E-state index is 11.9. The van der Waals surface area contributed by atoms with Crippen molar-refractivity contribution in [1.29, 1.82) is 0 Å². The van der Waals surface area contributed by atoms with Gasteiger partial charge in [0.2, 0.25) is 0 Å². The molecule has 0 heterocycles. The minimum absolute atomic E-state index is 0.154. The normalized spacial score (nSPS) is 16.1. The Morgan fingerprint density at radius 3 is 2.56 bits per heavy atom. The van der Waals surface area contributed by atoms with Crippen LogP contribution >= 0.6 is 11.8 Å². The number of rotatable bonds is 10. The molecule has 1 N–H and O–H groups in total. The summed E-state index contributed by atoms with van der Waals surface area (Å²) in [5.74, 6) is 1.02. The van der Waals surface area contributed by atoms with Crippen molar-refractivity contribution >= 4 is 17.7 Å². The van der Waals surface area contributed by atoms with Gasteiger partial charge in [0.1, 0.15) is 5.54 Å². The molecule has 0 aromatic heterocycles. The van der Waals surface area contributed by atoms with Gasteiger partial charge in [-0.1, -0.05) is 27.2 Å². The average molecular weight is 275 g/mol. The summed E-state index contributed by atoms with van der Waals surface area (Å²) in [6.45, 7) is 9.29. The van der Waals surface area contributed by atoms with Crippen LogP contribution < -0.4 is 5.32 Å². The number of thioether (sulfide) groups is 1. The highest BCUT2D eigenvalue weighted by molar-refractivity contribution is 7.99. The molecule has 0 radical (unpaired) electrons. The first-order chi connectivity index (χ1) is 8.50. The summed E-state index contributed by atoms with van der Waals surface area (Å²) in [7, 11) is 1.46. The van der Waals surface area contributed by atoms with Gasteiger partial charge in [-0.2, -0.15) is 11.8 Å². The SMILES string of the molecule is CCCCSC(C)CC(C)(NCCC)C(=O)OC. The van der Waals surface area contributed by atoms with Gasteiger partial charge in [0.05, 0.1) is 7.11 Å². The summed E-state index contributed by atoms with van der Waals surface area (Å²) in [6, 6.07) is 0. The van der Waals surface area contributed by atoms with Gasteiger partial charge in [-0.3, -0.25) is 4.79 Å². The molecule has 3 nitrogen and oxygen atoms in total. The molecule has 0 saturated heterocycles. The fourth-order valence-corrected chi connectivity index (χ4v) is 3.23. The standard InChI is InChI=1S/C14H29NO2S/c1-6-8-10-18-12(3)11-14(4,13(16)17-5)15-9-7-2/h12,15H,6-11H2,1-5H3. The van der Waals surface area contributed by atoms with E-state index in [1.807, 2.05) is 18.7 Å². The van der Waals surface area contributed by atoms with Gasteiger partial charge >= 0.3 is 5.97 Å². The Hall–Kier alpha value is -0.220. The van der Waals surface area contributed by atoms with Crippen LogP contribution in [0.5, 0.6) is 0 Å². The van der Waals surface area contributed by atoms with E-state index < -0.39 is 5.54 Å². The van der Waals surface area contributed by atoms with Crippen LogP contribution in [0.2, 0.25) is 0 Å². The minimum Gasteiger partial charge on any atom is -0.468 e. The van der Waals surface area contributed by atoms with E-state index in [4.69, 9.17) is 4.74 Å². The average Bonchev–Trinajstić information content (AvgIpc) is 2.35. The van der Waals surface area contributed by atoms with Crippen molar-refractivity contribution in [2.45, 2.75) is 64.2 Å². The highest BCUT2D eigenvalue weighted by atomic mass is 32.2. The monoisotopic (exact) mass is 275 g/mol. The number of esters is 1. The number of carbonyl (C=O) groups excluding carboxylic acids is 1. The Bertz CT molecular complexity index is 236. The van der Waals surface area contributed by atoms with Gasteiger partial charge in [0.15, 0.2) is 0 Å². The summed E-state index contributed by atoms with van der Waals surface area (Å²) in [5, 5.41) is 3.79. The van der Waals surface area contributed by atoms with E-state index in [9.17, 15) is 4.79 Å². The van der Waals surface area contributed by atoms with Crippen LogP contribution in [0.3, 0.4) is 0 Å². The second-order valence-corrected chi connectivity index (χ2v) is 6.54. The Morgan fingerprint density at radius 1 is 1.39 bits per heavy atom. The number of carbonyl (C=O) groups is 1. The Labute approximate surface area is 116 Å². The molecule has 108 valence electrons. The molecule has 4 heteroatoms. The predicted octanol–water partition coefficient (Wildman–Crippen LogP) is 3.23. The van der Waals surface area contributed by atoms with E-state index in [0.717, 1.165) is 19.4 Å². The van der Waals surface area contributed by atoms with Crippen LogP contribution in [-0.2, 0) is 9.53 Å². The van der Waals surface area contributed by atoms with Gasteiger partial charge in [-0.25, -0.2) is 0 Å². The number of unbranched alkanes of at least 4 members (excludes halogenated alkanes) is 1. The molecule has 0 fully saturated rings. The number of methoxy groups -OCH3 is 1. The topological polar surface area (TPSA) is 38.3 Å². The van der Waals surface area contributed by atoms with Crippen LogP contribution in [0, 0.1) is 0 Å². The molecule has 18 heavy (non-hydrogen) atoms. The summed E-state index contributed by atoms with van der Waals surface area (Å²) in [6.07, 6.45) is 4.30. The number of hydrogen-bond acceptors (Lipinski definition) is 4. The number of nitrogens with one attached hydrogen (secondary N) is 1. The zero-order chi connectivity index (χ0) is 14.0. The second-order valence-electron chi connectivity index (χ2n) is 4.99. The molecule has 0 aliphatic carbocycles. The second kappa shape index (κ2) is 9.68. The molecule has 0 bridgehead atoms. The Morgan fingerprint density at radius 2 is 2.06 bits per heavy atom. The van der Waals surface area contributed by atoms with E-state index in [1.165, 1.54) is 25.7 Å². The fourth-order valence-electron chi connectivity index (χ4n) is 1.92. The molecule has 0 aliphatic rings. The van der Waals surface area contributed by atoms with Gasteiger partial charge in [0, 0.05) is 5.25 Å². The minimum atomic E-state index is -0.552. The molecule has 0 aliphatic heterocycles. The zero-order valence-corrected chi connectivity index (χ0v) is 13.4. The molecule has 0 aromatic rings. The third-order valence-corrected chi connectivity index (χ3v) is 4.26. The van der Waals surface area contributed by atoms with Crippen molar-refractivity contribution in [3.05, 3.63) is 0 Å². The molecular weight excluding hydrogens is 246 g/mol. The smallest absolute Gasteiger partial charge is 0.325 e. The van der Waals surface area contributed by atoms with Crippen molar-refractivity contribution in [2.75, 3.05) is 19.4 Å². The lowest BCUT2D eigenvalue weighted by atomic mass is 9.96. The highest BCUT2D eigenvalue weighted by Crippen LogP contribution is 2.24. The van der Waals surface area contributed by atoms with Crippen molar-refractivity contribution in [1.82, 2.24) is 5.32 Å². The molecule has 0 spiro atoms. The summed E-state index contributed by atoms with van der Waals surface area (Å²) in [5.41, 5.74) is -0.552. The quantitative estimate of drug-likeness (QED) is 0.491. The zero-order valence-electron chi connectivity index (χ0n) is 12.5. The third kappa shape index (κ3) is 6.64. The Kier molecular flexibility index (Phi) is 9.56. The molecular formula is C14H29NO2S. The van der Waals surface area contributed by atoms with Crippen LogP contribution in [0.4, 0.5) is 0 Å². The first-order valence-electron chi connectivity index (χ1n) is 6.95. The van der Waals surface area contributed by atoms with E-state index in [-0.39, 0.29) is 5.97 Å². The molecule has 0 aromatic carbocycles. The van der Waals surface area contributed by atoms with E-state index >= 15 is 0 Å². The lowest BCUT2D eigenvalue weighted by Gasteiger charge is -2.30. The van der Waals surface area contributed by atoms with Gasteiger partial charge < -0.3 is 10.1 Å². The predicted molar refractivity (Wildman–Crippen MR) is 80.2 cm³/mol. The molecule has 0 saturated carbocycles. The molecule has 0 amide bonds. The van der Waals surface area contributed by atoms with Gasteiger partial charge in [-0.05, 0) is 38.5 Å². The summed E-state index contributed by atoms with van der Waals surface area (Å²) in [4.78, 5) is 11.9. The number of hydrogen-bond donors (Lipinski definition) is 1. The van der Waals surface area contributed by atoms with Crippen LogP contribution in [0.25, 0.3) is 0 Å². The summed E-state index contributed by atoms with van der Waals surface area (Å²) >= 11 is 1.94. The van der Waals surface area contributed by atoms with E-state index in [2.05, 4.69) is 26.1 Å². The van der Waals surface area contributed by atoms with Gasteiger partial charge in [-0.15, -0.1) is 0 Å². The van der Waals surface area contributed by atoms with Crippen LogP contribution in [-0.4, -0.2) is 36.2 Å². The highest BCUT2D eigenvalue weighted by Gasteiger charge is 2.35. The van der Waals surface area contributed by atoms with Crippen molar-refractivity contribution in [2.24, 2.45) is 0 Å².